The summed E-state index contributed by atoms with van der Waals surface area (Å²) in [5.41, 5.74) is 3.90. The highest BCUT2D eigenvalue weighted by molar-refractivity contribution is 5.48. The molecule has 0 bridgehead atoms. The molecule has 1 fully saturated rings. The minimum absolute atomic E-state index is 0.275. The molecule has 1 saturated heterocycles. The number of para-hydroxylation sites is 1. The number of hydrogen-bond donors (Lipinski definition) is 1. The molecule has 2 heterocycles. The summed E-state index contributed by atoms with van der Waals surface area (Å²) < 4.78 is 12.2. The Bertz CT molecular complexity index is 968. The number of aliphatic hydroxyl groups is 1. The van der Waals surface area contributed by atoms with Crippen molar-refractivity contribution in [2.75, 3.05) is 40.0 Å². The molecule has 0 amide bonds. The van der Waals surface area contributed by atoms with E-state index < -0.39 is 0 Å². The molecule has 2 aliphatic rings. The molecule has 4 heteroatoms. The van der Waals surface area contributed by atoms with Gasteiger partial charge in [0.15, 0.2) is 0 Å². The van der Waals surface area contributed by atoms with E-state index in [2.05, 4.69) is 83.8 Å². The Morgan fingerprint density at radius 2 is 1.49 bits per heavy atom. The van der Waals surface area contributed by atoms with E-state index in [0.717, 1.165) is 38.2 Å². The van der Waals surface area contributed by atoms with Crippen LogP contribution in [0, 0.1) is 0 Å². The number of aliphatic hydroxyl groups excluding tert-OH is 1. The molecule has 0 aromatic heterocycles. The maximum Gasteiger partial charge on any atom is 0.123 e. The zero-order valence-electron chi connectivity index (χ0n) is 21.5. The van der Waals surface area contributed by atoms with Crippen LogP contribution in [0.15, 0.2) is 78.9 Å². The average molecular weight is 476 g/mol. The molecular formula is C31H41NO3. The van der Waals surface area contributed by atoms with Gasteiger partial charge in [0.25, 0.3) is 0 Å². The third kappa shape index (κ3) is 7.09. The largest absolute Gasteiger partial charge is 0.494 e. The Balaban J connectivity index is 0.000000815. The molecule has 188 valence electrons. The van der Waals surface area contributed by atoms with Gasteiger partial charge in [0.1, 0.15) is 11.5 Å². The first-order chi connectivity index (χ1) is 17.4. The highest BCUT2D eigenvalue weighted by Crippen LogP contribution is 2.46. The van der Waals surface area contributed by atoms with E-state index in [-0.39, 0.29) is 5.92 Å². The molecule has 0 aliphatic carbocycles. The molecule has 4 nitrogen and oxygen atoms in total. The summed E-state index contributed by atoms with van der Waals surface area (Å²) in [6.07, 6.45) is 3.79. The molecule has 0 spiro atoms. The lowest BCUT2D eigenvalue weighted by Crippen LogP contribution is -2.25. The monoisotopic (exact) mass is 475 g/mol. The predicted octanol–water partition coefficient (Wildman–Crippen LogP) is 6.49. The standard InChI is InChI=1S/C28H31NO2.C2H6.CH4O/c1-2-9-22(10-3-1)26-21-31-27-12-5-4-11-25(27)28(26)23-13-15-24(16-14-23)30-20-8-19-29-17-6-7-18-29;2*1-2/h1-5,9-16,26,28H,6-8,17-21H2;1-2H3;2H,1H3. The van der Waals surface area contributed by atoms with Gasteiger partial charge in [0.2, 0.25) is 0 Å². The van der Waals surface area contributed by atoms with Crippen LogP contribution in [0.1, 0.15) is 61.6 Å². The highest BCUT2D eigenvalue weighted by atomic mass is 16.5. The average Bonchev–Trinajstić information content (AvgIpc) is 3.47. The van der Waals surface area contributed by atoms with E-state index >= 15 is 0 Å². The second-order valence-corrected chi connectivity index (χ2v) is 8.66. The summed E-state index contributed by atoms with van der Waals surface area (Å²) in [5.74, 6) is 2.53. The molecule has 2 unspecified atom stereocenters. The zero-order valence-corrected chi connectivity index (χ0v) is 21.5. The van der Waals surface area contributed by atoms with E-state index in [4.69, 9.17) is 14.6 Å². The van der Waals surface area contributed by atoms with Gasteiger partial charge < -0.3 is 19.5 Å². The number of hydrogen-bond acceptors (Lipinski definition) is 4. The van der Waals surface area contributed by atoms with Gasteiger partial charge in [0.05, 0.1) is 13.2 Å². The van der Waals surface area contributed by atoms with Crippen LogP contribution < -0.4 is 9.47 Å². The van der Waals surface area contributed by atoms with Crippen molar-refractivity contribution >= 4 is 0 Å². The Labute approximate surface area is 211 Å². The van der Waals surface area contributed by atoms with Gasteiger partial charge in [-0.1, -0.05) is 74.5 Å². The fraction of sp³-hybridized carbons (Fsp3) is 0.419. The van der Waals surface area contributed by atoms with E-state index in [1.54, 1.807) is 0 Å². The smallest absolute Gasteiger partial charge is 0.123 e. The van der Waals surface area contributed by atoms with Crippen molar-refractivity contribution in [2.45, 2.75) is 44.9 Å². The van der Waals surface area contributed by atoms with Crippen LogP contribution in [0.4, 0.5) is 0 Å². The lowest BCUT2D eigenvalue weighted by molar-refractivity contribution is 0.249. The quantitative estimate of drug-likeness (QED) is 0.396. The first-order valence-electron chi connectivity index (χ1n) is 13.0. The third-order valence-corrected chi connectivity index (χ3v) is 6.63. The topological polar surface area (TPSA) is 41.9 Å². The number of ether oxygens (including phenoxy) is 2. The van der Waals surface area contributed by atoms with E-state index in [1.165, 1.54) is 42.6 Å². The molecule has 5 rings (SSSR count). The summed E-state index contributed by atoms with van der Waals surface area (Å²) in [6.45, 7) is 9.13. The first-order valence-corrected chi connectivity index (χ1v) is 13.0. The van der Waals surface area contributed by atoms with Gasteiger partial charge in [-0.3, -0.25) is 0 Å². The molecule has 2 aliphatic heterocycles. The number of nitrogens with zero attached hydrogens (tertiary/aromatic N) is 1. The van der Waals surface area contributed by atoms with Gasteiger partial charge in [-0.05, 0) is 61.7 Å². The Morgan fingerprint density at radius 3 is 2.20 bits per heavy atom. The van der Waals surface area contributed by atoms with E-state index in [0.29, 0.717) is 12.5 Å². The van der Waals surface area contributed by atoms with Crippen molar-refractivity contribution in [3.05, 3.63) is 95.6 Å². The Morgan fingerprint density at radius 1 is 0.829 bits per heavy atom. The summed E-state index contributed by atoms with van der Waals surface area (Å²) in [5, 5.41) is 7.00. The lowest BCUT2D eigenvalue weighted by atomic mass is 9.76. The van der Waals surface area contributed by atoms with E-state index in [9.17, 15) is 0 Å². The fourth-order valence-corrected chi connectivity index (χ4v) is 5.02. The van der Waals surface area contributed by atoms with Gasteiger partial charge in [-0.25, -0.2) is 0 Å². The van der Waals surface area contributed by atoms with Crippen LogP contribution in [-0.2, 0) is 0 Å². The summed E-state index contributed by atoms with van der Waals surface area (Å²) in [4.78, 5) is 2.54. The number of likely N-dealkylation sites (tertiary alicyclic amines) is 1. The summed E-state index contributed by atoms with van der Waals surface area (Å²) >= 11 is 0. The molecule has 0 saturated carbocycles. The first kappa shape index (κ1) is 26.8. The maximum absolute atomic E-state index is 7.00. The Kier molecular flexibility index (Phi) is 11.1. The van der Waals surface area contributed by atoms with Crippen LogP contribution in [0.3, 0.4) is 0 Å². The molecule has 3 aromatic rings. The molecule has 1 N–H and O–H groups in total. The molecular weight excluding hydrogens is 434 g/mol. The number of fused-ring (bicyclic) bond motifs is 1. The number of rotatable bonds is 7. The van der Waals surface area contributed by atoms with Gasteiger partial charge >= 0.3 is 0 Å². The van der Waals surface area contributed by atoms with Gasteiger partial charge in [0, 0.05) is 31.1 Å². The summed E-state index contributed by atoms with van der Waals surface area (Å²) in [7, 11) is 1.00. The minimum atomic E-state index is 0.275. The normalized spacial score (nSPS) is 18.7. The molecule has 35 heavy (non-hydrogen) atoms. The highest BCUT2D eigenvalue weighted by Gasteiger charge is 2.33. The predicted molar refractivity (Wildman–Crippen MR) is 145 cm³/mol. The molecule has 2 atom stereocenters. The second-order valence-electron chi connectivity index (χ2n) is 8.66. The van der Waals surface area contributed by atoms with E-state index in [1.807, 2.05) is 13.8 Å². The third-order valence-electron chi connectivity index (χ3n) is 6.63. The van der Waals surface area contributed by atoms with Crippen molar-refractivity contribution in [1.82, 2.24) is 4.90 Å². The lowest BCUT2D eigenvalue weighted by Gasteiger charge is -2.34. The van der Waals surface area contributed by atoms with Crippen LogP contribution in [0.25, 0.3) is 0 Å². The van der Waals surface area contributed by atoms with Crippen molar-refractivity contribution in [1.29, 1.82) is 0 Å². The van der Waals surface area contributed by atoms with Gasteiger partial charge in [-0.2, -0.15) is 0 Å². The van der Waals surface area contributed by atoms with Crippen LogP contribution in [0.5, 0.6) is 11.5 Å². The zero-order chi connectivity index (χ0) is 24.9. The minimum Gasteiger partial charge on any atom is -0.494 e. The summed E-state index contributed by atoms with van der Waals surface area (Å²) in [6, 6.07) is 27.9. The van der Waals surface area contributed by atoms with Crippen LogP contribution in [-0.4, -0.2) is 50.0 Å². The van der Waals surface area contributed by atoms with Crippen molar-refractivity contribution in [3.8, 4) is 11.5 Å². The van der Waals surface area contributed by atoms with Crippen molar-refractivity contribution in [2.24, 2.45) is 0 Å². The van der Waals surface area contributed by atoms with Gasteiger partial charge in [-0.15, -0.1) is 0 Å². The van der Waals surface area contributed by atoms with Crippen LogP contribution >= 0.6 is 0 Å². The molecule has 3 aromatic carbocycles. The maximum atomic E-state index is 7.00. The van der Waals surface area contributed by atoms with Crippen LogP contribution in [0.2, 0.25) is 0 Å². The number of benzene rings is 3. The SMILES string of the molecule is CC.CO.c1ccc(C2COc3ccccc3C2c2ccc(OCCCN3CCCC3)cc2)cc1. The fourth-order valence-electron chi connectivity index (χ4n) is 5.02. The molecule has 0 radical (unpaired) electrons. The van der Waals surface area contributed by atoms with Crippen molar-refractivity contribution < 1.29 is 14.6 Å². The second kappa shape index (κ2) is 14.6. The van der Waals surface area contributed by atoms with Crippen molar-refractivity contribution in [3.63, 3.8) is 0 Å². The Hall–Kier alpha value is -2.82.